The van der Waals surface area contributed by atoms with E-state index in [2.05, 4.69) is 21.4 Å². The van der Waals surface area contributed by atoms with Gasteiger partial charge in [0.1, 0.15) is 0 Å². The van der Waals surface area contributed by atoms with Crippen molar-refractivity contribution in [1.82, 2.24) is 15.3 Å². The lowest BCUT2D eigenvalue weighted by Crippen LogP contribution is -2.27. The van der Waals surface area contributed by atoms with Gasteiger partial charge in [-0.25, -0.2) is 0 Å². The summed E-state index contributed by atoms with van der Waals surface area (Å²) in [7, 11) is 0. The second-order valence-corrected chi connectivity index (χ2v) is 5.03. The van der Waals surface area contributed by atoms with E-state index >= 15 is 0 Å². The van der Waals surface area contributed by atoms with Gasteiger partial charge >= 0.3 is 0 Å². The standard InChI is InChI=1S/C16H21N3O/c1-13-5-6-16(19-9-13)11-17-10-14(12-20)8-15-4-2-3-7-18-15/h2-7,9,14,17,20H,8,10-12H2,1H3. The third kappa shape index (κ3) is 4.72. The fourth-order valence-corrected chi connectivity index (χ4v) is 2.02. The summed E-state index contributed by atoms with van der Waals surface area (Å²) in [5.41, 5.74) is 3.20. The highest BCUT2D eigenvalue weighted by atomic mass is 16.3. The molecule has 2 N–H and O–H groups in total. The van der Waals surface area contributed by atoms with Crippen molar-refractivity contribution in [3.05, 3.63) is 59.7 Å². The summed E-state index contributed by atoms with van der Waals surface area (Å²) in [5, 5.41) is 12.8. The van der Waals surface area contributed by atoms with Crippen LogP contribution in [0.3, 0.4) is 0 Å². The summed E-state index contributed by atoms with van der Waals surface area (Å²) >= 11 is 0. The Morgan fingerprint density at radius 2 is 2.05 bits per heavy atom. The zero-order valence-corrected chi connectivity index (χ0v) is 11.8. The molecule has 2 aromatic rings. The molecule has 0 saturated carbocycles. The molecule has 0 aromatic carbocycles. The number of pyridine rings is 2. The molecule has 0 spiro atoms. The Morgan fingerprint density at radius 3 is 2.70 bits per heavy atom. The molecule has 0 fully saturated rings. The lowest BCUT2D eigenvalue weighted by atomic mass is 10.0. The first-order valence-electron chi connectivity index (χ1n) is 6.91. The highest BCUT2D eigenvalue weighted by molar-refractivity contribution is 5.12. The zero-order chi connectivity index (χ0) is 14.2. The second-order valence-electron chi connectivity index (χ2n) is 5.03. The van der Waals surface area contributed by atoms with E-state index < -0.39 is 0 Å². The van der Waals surface area contributed by atoms with Gasteiger partial charge in [0.2, 0.25) is 0 Å². The van der Waals surface area contributed by atoms with Crippen LogP contribution in [0.15, 0.2) is 42.7 Å². The number of aromatic nitrogens is 2. The van der Waals surface area contributed by atoms with Crippen LogP contribution in [0.5, 0.6) is 0 Å². The molecule has 2 heterocycles. The molecule has 0 saturated heterocycles. The van der Waals surface area contributed by atoms with Gasteiger partial charge < -0.3 is 10.4 Å². The summed E-state index contributed by atoms with van der Waals surface area (Å²) in [6.07, 6.45) is 4.44. The fraction of sp³-hybridized carbons (Fsp3) is 0.375. The predicted octanol–water partition coefficient (Wildman–Crippen LogP) is 1.73. The van der Waals surface area contributed by atoms with Gasteiger partial charge in [0, 0.05) is 37.8 Å². The minimum Gasteiger partial charge on any atom is -0.396 e. The van der Waals surface area contributed by atoms with E-state index in [9.17, 15) is 5.11 Å². The molecule has 2 aromatic heterocycles. The lowest BCUT2D eigenvalue weighted by Gasteiger charge is -2.14. The molecule has 0 aliphatic heterocycles. The average Bonchev–Trinajstić information content (AvgIpc) is 2.49. The number of aryl methyl sites for hydroxylation is 1. The Labute approximate surface area is 119 Å². The maximum absolute atomic E-state index is 9.44. The van der Waals surface area contributed by atoms with E-state index in [0.717, 1.165) is 36.5 Å². The van der Waals surface area contributed by atoms with Crippen molar-refractivity contribution in [3.63, 3.8) is 0 Å². The number of rotatable bonds is 7. The molecule has 106 valence electrons. The van der Waals surface area contributed by atoms with Crippen LogP contribution < -0.4 is 5.32 Å². The summed E-state index contributed by atoms with van der Waals surface area (Å²) in [5.74, 6) is 0.176. The number of hydrogen-bond acceptors (Lipinski definition) is 4. The van der Waals surface area contributed by atoms with Gasteiger partial charge in [-0.3, -0.25) is 9.97 Å². The van der Waals surface area contributed by atoms with Gasteiger partial charge in [0.15, 0.2) is 0 Å². The molecule has 4 heteroatoms. The minimum atomic E-state index is 0.158. The van der Waals surface area contributed by atoms with E-state index in [0.29, 0.717) is 0 Å². The maximum Gasteiger partial charge on any atom is 0.0541 e. The van der Waals surface area contributed by atoms with Crippen LogP contribution in [0.25, 0.3) is 0 Å². The third-order valence-electron chi connectivity index (χ3n) is 3.19. The molecule has 0 bridgehead atoms. The Balaban J connectivity index is 1.78. The first-order valence-corrected chi connectivity index (χ1v) is 6.91. The first kappa shape index (κ1) is 14.6. The van der Waals surface area contributed by atoms with Crippen molar-refractivity contribution < 1.29 is 5.11 Å². The lowest BCUT2D eigenvalue weighted by molar-refractivity contribution is 0.220. The first-order chi connectivity index (χ1) is 9.78. The highest BCUT2D eigenvalue weighted by Gasteiger charge is 2.09. The van der Waals surface area contributed by atoms with E-state index in [1.807, 2.05) is 37.4 Å². The Hall–Kier alpha value is -1.78. The summed E-state index contributed by atoms with van der Waals surface area (Å²) in [6.45, 7) is 3.66. The van der Waals surface area contributed by atoms with Gasteiger partial charge in [0.05, 0.1) is 5.69 Å². The third-order valence-corrected chi connectivity index (χ3v) is 3.19. The normalized spacial score (nSPS) is 12.3. The van der Waals surface area contributed by atoms with Crippen molar-refractivity contribution in [2.24, 2.45) is 5.92 Å². The van der Waals surface area contributed by atoms with E-state index in [1.54, 1.807) is 6.20 Å². The largest absolute Gasteiger partial charge is 0.396 e. The van der Waals surface area contributed by atoms with E-state index in [-0.39, 0.29) is 12.5 Å². The SMILES string of the molecule is Cc1ccc(CNCC(CO)Cc2ccccn2)nc1. The van der Waals surface area contributed by atoms with Gasteiger partial charge in [-0.1, -0.05) is 12.1 Å². The Bertz CT molecular complexity index is 499. The Kier molecular flexibility index (Phi) is 5.65. The number of nitrogens with zero attached hydrogens (tertiary/aromatic N) is 2. The number of nitrogens with one attached hydrogen (secondary N) is 1. The maximum atomic E-state index is 9.44. The molecule has 0 aliphatic rings. The van der Waals surface area contributed by atoms with Crippen molar-refractivity contribution in [1.29, 1.82) is 0 Å². The number of hydrogen-bond donors (Lipinski definition) is 2. The summed E-state index contributed by atoms with van der Waals surface area (Å²) in [4.78, 5) is 8.64. The zero-order valence-electron chi connectivity index (χ0n) is 11.8. The topological polar surface area (TPSA) is 58.0 Å². The quantitative estimate of drug-likeness (QED) is 0.805. The summed E-state index contributed by atoms with van der Waals surface area (Å²) in [6, 6.07) is 9.94. The molecule has 1 atom stereocenters. The smallest absolute Gasteiger partial charge is 0.0541 e. The molecule has 1 unspecified atom stereocenters. The van der Waals surface area contributed by atoms with Gasteiger partial charge in [-0.2, -0.15) is 0 Å². The second kappa shape index (κ2) is 7.72. The molecule has 20 heavy (non-hydrogen) atoms. The minimum absolute atomic E-state index is 0.158. The van der Waals surface area contributed by atoms with Crippen LogP contribution in [-0.2, 0) is 13.0 Å². The number of aliphatic hydroxyl groups is 1. The fourth-order valence-electron chi connectivity index (χ4n) is 2.02. The molecule has 0 radical (unpaired) electrons. The van der Waals surface area contributed by atoms with Crippen molar-refractivity contribution in [2.75, 3.05) is 13.2 Å². The van der Waals surface area contributed by atoms with Crippen LogP contribution >= 0.6 is 0 Å². The summed E-state index contributed by atoms with van der Waals surface area (Å²) < 4.78 is 0. The van der Waals surface area contributed by atoms with Gasteiger partial charge in [-0.15, -0.1) is 0 Å². The monoisotopic (exact) mass is 271 g/mol. The van der Waals surface area contributed by atoms with Crippen molar-refractivity contribution in [2.45, 2.75) is 19.9 Å². The highest BCUT2D eigenvalue weighted by Crippen LogP contribution is 2.05. The molecule has 2 rings (SSSR count). The van der Waals surface area contributed by atoms with Crippen LogP contribution in [0.4, 0.5) is 0 Å². The van der Waals surface area contributed by atoms with Crippen LogP contribution in [-0.4, -0.2) is 28.2 Å². The van der Waals surface area contributed by atoms with Crippen molar-refractivity contribution >= 4 is 0 Å². The molecule has 4 nitrogen and oxygen atoms in total. The molecule has 0 aliphatic carbocycles. The van der Waals surface area contributed by atoms with Crippen LogP contribution in [0.2, 0.25) is 0 Å². The van der Waals surface area contributed by atoms with E-state index in [4.69, 9.17) is 0 Å². The van der Waals surface area contributed by atoms with Crippen molar-refractivity contribution in [3.8, 4) is 0 Å². The predicted molar refractivity (Wildman–Crippen MR) is 79.2 cm³/mol. The number of aliphatic hydroxyl groups excluding tert-OH is 1. The van der Waals surface area contributed by atoms with Crippen LogP contribution in [0, 0.1) is 12.8 Å². The molecular weight excluding hydrogens is 250 g/mol. The van der Waals surface area contributed by atoms with Crippen LogP contribution in [0.1, 0.15) is 17.0 Å². The Morgan fingerprint density at radius 1 is 1.15 bits per heavy atom. The molecular formula is C16H21N3O. The average molecular weight is 271 g/mol. The van der Waals surface area contributed by atoms with Gasteiger partial charge in [-0.05, 0) is 43.0 Å². The van der Waals surface area contributed by atoms with E-state index in [1.165, 1.54) is 0 Å². The van der Waals surface area contributed by atoms with Gasteiger partial charge in [0.25, 0.3) is 0 Å². The molecule has 0 amide bonds.